The van der Waals surface area contributed by atoms with Crippen LogP contribution in [-0.2, 0) is 0 Å². The normalized spacial score (nSPS) is 12.5. The zero-order valence-electron chi connectivity index (χ0n) is 11.7. The standard InChI is InChI=1S/C16H17N3S/c1-3-14(13-6-8-17-9-7-13)19-11-10-18-16(19)15-5-4-12(2)20-15/h4-11,14H,3H2,1-2H3/t14-/m1/s1. The molecule has 3 aromatic rings. The van der Waals surface area contributed by atoms with Gasteiger partial charge < -0.3 is 4.57 Å². The molecule has 3 aromatic heterocycles. The van der Waals surface area contributed by atoms with Crippen LogP contribution in [0.2, 0.25) is 0 Å². The number of aromatic nitrogens is 3. The highest BCUT2D eigenvalue weighted by atomic mass is 32.1. The van der Waals surface area contributed by atoms with Crippen molar-refractivity contribution in [2.45, 2.75) is 26.3 Å². The lowest BCUT2D eigenvalue weighted by molar-refractivity contribution is 0.572. The van der Waals surface area contributed by atoms with Gasteiger partial charge in [-0.1, -0.05) is 6.92 Å². The van der Waals surface area contributed by atoms with Gasteiger partial charge in [0.15, 0.2) is 5.82 Å². The summed E-state index contributed by atoms with van der Waals surface area (Å²) in [5, 5.41) is 0. The van der Waals surface area contributed by atoms with E-state index < -0.39 is 0 Å². The fourth-order valence-electron chi connectivity index (χ4n) is 2.49. The van der Waals surface area contributed by atoms with Crippen LogP contribution in [-0.4, -0.2) is 14.5 Å². The van der Waals surface area contributed by atoms with Gasteiger partial charge >= 0.3 is 0 Å². The lowest BCUT2D eigenvalue weighted by Gasteiger charge is -2.19. The fourth-order valence-corrected chi connectivity index (χ4v) is 3.36. The largest absolute Gasteiger partial charge is 0.323 e. The predicted molar refractivity (Wildman–Crippen MR) is 82.9 cm³/mol. The molecule has 0 aliphatic carbocycles. The Morgan fingerprint density at radius 1 is 1.15 bits per heavy atom. The maximum Gasteiger partial charge on any atom is 0.150 e. The highest BCUT2D eigenvalue weighted by Crippen LogP contribution is 2.31. The molecule has 0 aliphatic rings. The Bertz CT molecular complexity index is 685. The molecule has 20 heavy (non-hydrogen) atoms. The van der Waals surface area contributed by atoms with E-state index in [0.717, 1.165) is 12.2 Å². The molecule has 0 aromatic carbocycles. The number of hydrogen-bond donors (Lipinski definition) is 0. The Hall–Kier alpha value is -1.94. The van der Waals surface area contributed by atoms with Crippen LogP contribution in [0.15, 0.2) is 49.1 Å². The molecular weight excluding hydrogens is 266 g/mol. The summed E-state index contributed by atoms with van der Waals surface area (Å²) < 4.78 is 2.26. The molecule has 0 aliphatic heterocycles. The van der Waals surface area contributed by atoms with Crippen LogP contribution in [0.4, 0.5) is 0 Å². The molecule has 0 saturated carbocycles. The van der Waals surface area contributed by atoms with Crippen molar-refractivity contribution in [1.29, 1.82) is 0 Å². The van der Waals surface area contributed by atoms with Gasteiger partial charge in [0, 0.05) is 29.7 Å². The Kier molecular flexibility index (Phi) is 3.65. The van der Waals surface area contributed by atoms with Crippen molar-refractivity contribution in [1.82, 2.24) is 14.5 Å². The third kappa shape index (κ3) is 2.39. The summed E-state index contributed by atoms with van der Waals surface area (Å²) in [6.45, 7) is 4.33. The van der Waals surface area contributed by atoms with E-state index in [9.17, 15) is 0 Å². The minimum Gasteiger partial charge on any atom is -0.323 e. The van der Waals surface area contributed by atoms with Gasteiger partial charge in [-0.25, -0.2) is 4.98 Å². The van der Waals surface area contributed by atoms with Crippen LogP contribution in [0.3, 0.4) is 0 Å². The van der Waals surface area contributed by atoms with E-state index in [2.05, 4.69) is 58.8 Å². The SMILES string of the molecule is CC[C@H](c1ccncc1)n1ccnc1-c1ccc(C)s1. The smallest absolute Gasteiger partial charge is 0.150 e. The van der Waals surface area contributed by atoms with Crippen LogP contribution in [0, 0.1) is 6.92 Å². The van der Waals surface area contributed by atoms with E-state index in [4.69, 9.17) is 0 Å². The van der Waals surface area contributed by atoms with Gasteiger partial charge in [0.05, 0.1) is 10.9 Å². The second kappa shape index (κ2) is 5.59. The number of pyridine rings is 1. The van der Waals surface area contributed by atoms with Crippen molar-refractivity contribution in [2.75, 3.05) is 0 Å². The van der Waals surface area contributed by atoms with Crippen molar-refractivity contribution < 1.29 is 0 Å². The average molecular weight is 283 g/mol. The maximum absolute atomic E-state index is 4.55. The molecule has 0 radical (unpaired) electrons. The van der Waals surface area contributed by atoms with Crippen molar-refractivity contribution in [3.63, 3.8) is 0 Å². The molecular formula is C16H17N3S. The van der Waals surface area contributed by atoms with E-state index in [0.29, 0.717) is 6.04 Å². The van der Waals surface area contributed by atoms with Crippen LogP contribution in [0.5, 0.6) is 0 Å². The lowest BCUT2D eigenvalue weighted by Crippen LogP contribution is -2.10. The summed E-state index contributed by atoms with van der Waals surface area (Å²) in [5.74, 6) is 1.05. The molecule has 3 rings (SSSR count). The lowest BCUT2D eigenvalue weighted by atomic mass is 10.1. The minimum absolute atomic E-state index is 0.304. The first-order valence-corrected chi connectivity index (χ1v) is 7.61. The van der Waals surface area contributed by atoms with E-state index >= 15 is 0 Å². The van der Waals surface area contributed by atoms with Crippen molar-refractivity contribution >= 4 is 11.3 Å². The highest BCUT2D eigenvalue weighted by molar-refractivity contribution is 7.15. The van der Waals surface area contributed by atoms with Crippen molar-refractivity contribution in [3.05, 3.63) is 59.5 Å². The topological polar surface area (TPSA) is 30.7 Å². The molecule has 3 heterocycles. The second-order valence-electron chi connectivity index (χ2n) is 4.77. The van der Waals surface area contributed by atoms with Crippen LogP contribution < -0.4 is 0 Å². The number of nitrogens with zero attached hydrogens (tertiary/aromatic N) is 3. The van der Waals surface area contributed by atoms with Crippen LogP contribution in [0.1, 0.15) is 29.8 Å². The first-order chi connectivity index (χ1) is 9.79. The van der Waals surface area contributed by atoms with Gasteiger partial charge in [0.2, 0.25) is 0 Å². The van der Waals surface area contributed by atoms with E-state index in [-0.39, 0.29) is 0 Å². The zero-order chi connectivity index (χ0) is 13.9. The summed E-state index contributed by atoms with van der Waals surface area (Å²) in [4.78, 5) is 11.2. The van der Waals surface area contributed by atoms with Gasteiger partial charge in [0.25, 0.3) is 0 Å². The maximum atomic E-state index is 4.55. The van der Waals surface area contributed by atoms with Crippen molar-refractivity contribution in [3.8, 4) is 10.7 Å². The predicted octanol–water partition coefficient (Wildman–Crippen LogP) is 4.31. The Morgan fingerprint density at radius 3 is 2.60 bits per heavy atom. The van der Waals surface area contributed by atoms with Gasteiger partial charge in [0.1, 0.15) is 0 Å². The third-order valence-corrected chi connectivity index (χ3v) is 4.44. The molecule has 0 spiro atoms. The molecule has 0 amide bonds. The van der Waals surface area contributed by atoms with Crippen molar-refractivity contribution in [2.24, 2.45) is 0 Å². The number of imidazole rings is 1. The average Bonchev–Trinajstić information content (AvgIpc) is 3.10. The first-order valence-electron chi connectivity index (χ1n) is 6.79. The molecule has 0 bridgehead atoms. The second-order valence-corrected chi connectivity index (χ2v) is 6.06. The van der Waals surface area contributed by atoms with E-state index in [1.165, 1.54) is 15.3 Å². The quantitative estimate of drug-likeness (QED) is 0.714. The molecule has 102 valence electrons. The summed E-state index contributed by atoms with van der Waals surface area (Å²) in [5.41, 5.74) is 1.27. The Labute approximate surface area is 123 Å². The number of hydrogen-bond acceptors (Lipinski definition) is 3. The third-order valence-electron chi connectivity index (χ3n) is 3.44. The monoisotopic (exact) mass is 283 g/mol. The van der Waals surface area contributed by atoms with Gasteiger partial charge in [-0.15, -0.1) is 11.3 Å². The number of aryl methyl sites for hydroxylation is 1. The molecule has 4 heteroatoms. The minimum atomic E-state index is 0.304. The summed E-state index contributed by atoms with van der Waals surface area (Å²) in [6, 6.07) is 8.76. The van der Waals surface area contributed by atoms with Crippen LogP contribution in [0.25, 0.3) is 10.7 Å². The summed E-state index contributed by atoms with van der Waals surface area (Å²) in [6.07, 6.45) is 8.68. The molecule has 0 fully saturated rings. The molecule has 1 atom stereocenters. The Balaban J connectivity index is 2.04. The first kappa shape index (κ1) is 13.1. The molecule has 0 saturated heterocycles. The zero-order valence-corrected chi connectivity index (χ0v) is 12.5. The number of thiophene rings is 1. The van der Waals surface area contributed by atoms with Gasteiger partial charge in [-0.05, 0) is 43.2 Å². The summed E-state index contributed by atoms with van der Waals surface area (Å²) >= 11 is 1.79. The van der Waals surface area contributed by atoms with E-state index in [1.54, 1.807) is 11.3 Å². The highest BCUT2D eigenvalue weighted by Gasteiger charge is 2.16. The molecule has 0 N–H and O–H groups in total. The number of rotatable bonds is 4. The molecule has 3 nitrogen and oxygen atoms in total. The fraction of sp³-hybridized carbons (Fsp3) is 0.250. The van der Waals surface area contributed by atoms with Gasteiger partial charge in [-0.3, -0.25) is 4.98 Å². The van der Waals surface area contributed by atoms with E-state index in [1.807, 2.05) is 18.6 Å². The summed E-state index contributed by atoms with van der Waals surface area (Å²) in [7, 11) is 0. The van der Waals surface area contributed by atoms with Gasteiger partial charge in [-0.2, -0.15) is 0 Å². The molecule has 0 unspecified atom stereocenters. The van der Waals surface area contributed by atoms with Crippen LogP contribution >= 0.6 is 11.3 Å². The Morgan fingerprint density at radius 2 is 1.95 bits per heavy atom.